The van der Waals surface area contributed by atoms with E-state index in [1.165, 1.54) is 18.5 Å². The highest BCUT2D eigenvalue weighted by atomic mass is 35.5. The van der Waals surface area contributed by atoms with Crippen LogP contribution in [0.3, 0.4) is 0 Å². The topological polar surface area (TPSA) is 79.4 Å². The van der Waals surface area contributed by atoms with Crippen LogP contribution < -0.4 is 9.62 Å². The lowest BCUT2D eigenvalue weighted by atomic mass is 10.2. The molecule has 1 aliphatic rings. The van der Waals surface area contributed by atoms with Crippen LogP contribution >= 0.6 is 11.6 Å². The summed E-state index contributed by atoms with van der Waals surface area (Å²) in [6.07, 6.45) is 2.57. The van der Waals surface area contributed by atoms with Crippen molar-refractivity contribution >= 4 is 38.9 Å². The van der Waals surface area contributed by atoms with Gasteiger partial charge < -0.3 is 5.32 Å². The molecule has 0 saturated heterocycles. The molecular formula is C13H10ClN3O3S. The normalized spacial score (nSPS) is 14.5. The van der Waals surface area contributed by atoms with Gasteiger partial charge in [-0.3, -0.25) is 14.1 Å². The van der Waals surface area contributed by atoms with Gasteiger partial charge in [0.2, 0.25) is 5.91 Å². The highest BCUT2D eigenvalue weighted by molar-refractivity contribution is 7.93. The van der Waals surface area contributed by atoms with Crippen molar-refractivity contribution in [2.24, 2.45) is 0 Å². The van der Waals surface area contributed by atoms with Crippen molar-refractivity contribution in [3.8, 4) is 0 Å². The third kappa shape index (κ3) is 2.34. The first-order valence-corrected chi connectivity index (χ1v) is 7.83. The van der Waals surface area contributed by atoms with Gasteiger partial charge in [-0.05, 0) is 18.2 Å². The van der Waals surface area contributed by atoms with Crippen LogP contribution in [0.15, 0.2) is 47.6 Å². The lowest BCUT2D eigenvalue weighted by Crippen LogP contribution is -2.42. The molecule has 1 N–H and O–H groups in total. The molecule has 1 amide bonds. The second kappa shape index (κ2) is 5.01. The number of carbonyl (C=O) groups is 1. The average Bonchev–Trinajstić information content (AvgIpc) is 2.46. The van der Waals surface area contributed by atoms with Gasteiger partial charge >= 0.3 is 0 Å². The fraction of sp³-hybridized carbons (Fsp3) is 0.0769. The van der Waals surface area contributed by atoms with E-state index in [9.17, 15) is 13.2 Å². The molecule has 8 heteroatoms. The first kappa shape index (κ1) is 13.8. The summed E-state index contributed by atoms with van der Waals surface area (Å²) in [6.45, 7) is -0.301. The van der Waals surface area contributed by atoms with Crippen LogP contribution in [0.2, 0.25) is 5.02 Å². The maximum absolute atomic E-state index is 12.7. The lowest BCUT2D eigenvalue weighted by Gasteiger charge is -2.30. The Kier molecular flexibility index (Phi) is 3.30. The van der Waals surface area contributed by atoms with Gasteiger partial charge in [0.05, 0.1) is 16.4 Å². The minimum Gasteiger partial charge on any atom is -0.323 e. The highest BCUT2D eigenvalue weighted by Gasteiger charge is 2.33. The van der Waals surface area contributed by atoms with Crippen molar-refractivity contribution in [1.82, 2.24) is 4.98 Å². The number of benzene rings is 1. The number of nitrogens with zero attached hydrogens (tertiary/aromatic N) is 2. The minimum absolute atomic E-state index is 0.0634. The SMILES string of the molecule is O=C1CN(S(=O)(=O)c2cnccc2Cl)c2ccccc2N1. The molecule has 6 nitrogen and oxygen atoms in total. The zero-order chi connectivity index (χ0) is 15.0. The number of hydrogen-bond acceptors (Lipinski definition) is 4. The van der Waals surface area contributed by atoms with E-state index in [0.29, 0.717) is 11.4 Å². The number of halogens is 1. The first-order valence-electron chi connectivity index (χ1n) is 6.01. The van der Waals surface area contributed by atoms with Gasteiger partial charge in [0, 0.05) is 12.4 Å². The van der Waals surface area contributed by atoms with E-state index in [2.05, 4.69) is 10.3 Å². The van der Waals surface area contributed by atoms with E-state index in [0.717, 1.165) is 4.31 Å². The van der Waals surface area contributed by atoms with Crippen LogP contribution in [0.5, 0.6) is 0 Å². The number of aromatic nitrogens is 1. The summed E-state index contributed by atoms with van der Waals surface area (Å²) in [4.78, 5) is 15.4. The fourth-order valence-electron chi connectivity index (χ4n) is 2.09. The van der Waals surface area contributed by atoms with E-state index >= 15 is 0 Å². The third-order valence-electron chi connectivity index (χ3n) is 3.04. The first-order chi connectivity index (χ1) is 10.00. The second-order valence-corrected chi connectivity index (χ2v) is 6.62. The summed E-state index contributed by atoms with van der Waals surface area (Å²) >= 11 is 5.95. The number of para-hydroxylation sites is 2. The average molecular weight is 324 g/mol. The Hall–Kier alpha value is -2.12. The van der Waals surface area contributed by atoms with Crippen molar-refractivity contribution in [2.45, 2.75) is 4.90 Å². The van der Waals surface area contributed by atoms with Gasteiger partial charge in [-0.1, -0.05) is 23.7 Å². The van der Waals surface area contributed by atoms with E-state index in [1.807, 2.05) is 0 Å². The maximum atomic E-state index is 12.7. The molecule has 1 aromatic heterocycles. The zero-order valence-electron chi connectivity index (χ0n) is 10.7. The van der Waals surface area contributed by atoms with E-state index in [1.54, 1.807) is 24.3 Å². The largest absolute Gasteiger partial charge is 0.323 e. The van der Waals surface area contributed by atoms with E-state index in [4.69, 9.17) is 11.6 Å². The van der Waals surface area contributed by atoms with Gasteiger partial charge in [0.15, 0.2) is 0 Å². The molecule has 0 aliphatic carbocycles. The molecule has 2 aromatic rings. The van der Waals surface area contributed by atoms with Crippen LogP contribution in [0.1, 0.15) is 0 Å². The number of nitrogens with one attached hydrogen (secondary N) is 1. The van der Waals surface area contributed by atoms with Crippen molar-refractivity contribution in [3.05, 3.63) is 47.7 Å². The number of carbonyl (C=O) groups excluding carboxylic acids is 1. The lowest BCUT2D eigenvalue weighted by molar-refractivity contribution is -0.115. The summed E-state index contributed by atoms with van der Waals surface area (Å²) in [5.74, 6) is -0.405. The molecule has 21 heavy (non-hydrogen) atoms. The van der Waals surface area contributed by atoms with E-state index in [-0.39, 0.29) is 16.5 Å². The summed E-state index contributed by atoms with van der Waals surface area (Å²) < 4.78 is 26.5. The summed E-state index contributed by atoms with van der Waals surface area (Å²) in [6, 6.07) is 8.07. The number of sulfonamides is 1. The van der Waals surface area contributed by atoms with Gasteiger partial charge in [0.1, 0.15) is 11.4 Å². The van der Waals surface area contributed by atoms with Crippen LogP contribution in [0.4, 0.5) is 11.4 Å². The standard InChI is InChI=1S/C13H10ClN3O3S/c14-9-5-6-15-7-12(9)21(19,20)17-8-13(18)16-10-3-1-2-4-11(10)17/h1-7H,8H2,(H,16,18). The molecule has 0 atom stereocenters. The van der Waals surface area contributed by atoms with Crippen molar-refractivity contribution in [3.63, 3.8) is 0 Å². The molecule has 0 saturated carbocycles. The summed E-state index contributed by atoms with van der Waals surface area (Å²) in [5, 5.41) is 2.70. The Labute approximate surface area is 126 Å². The number of pyridine rings is 1. The van der Waals surface area contributed by atoms with Crippen molar-refractivity contribution in [2.75, 3.05) is 16.2 Å². The molecule has 3 rings (SSSR count). The third-order valence-corrected chi connectivity index (χ3v) is 5.27. The Balaban J connectivity index is 2.16. The Morgan fingerprint density at radius 2 is 2.00 bits per heavy atom. The number of fused-ring (bicyclic) bond motifs is 1. The van der Waals surface area contributed by atoms with Gasteiger partial charge in [-0.2, -0.15) is 0 Å². The number of anilines is 2. The Morgan fingerprint density at radius 1 is 1.24 bits per heavy atom. The van der Waals surface area contributed by atoms with Crippen molar-refractivity contribution < 1.29 is 13.2 Å². The number of hydrogen-bond donors (Lipinski definition) is 1. The molecule has 2 heterocycles. The fourth-order valence-corrected chi connectivity index (χ4v) is 3.94. The molecule has 0 fully saturated rings. The maximum Gasteiger partial charge on any atom is 0.267 e. The van der Waals surface area contributed by atoms with Crippen LogP contribution in [-0.4, -0.2) is 25.9 Å². The van der Waals surface area contributed by atoms with Crippen LogP contribution in [0.25, 0.3) is 0 Å². The zero-order valence-corrected chi connectivity index (χ0v) is 12.2. The molecule has 108 valence electrons. The predicted octanol–water partition coefficient (Wildman–Crippen LogP) is 1.88. The van der Waals surface area contributed by atoms with Crippen molar-refractivity contribution in [1.29, 1.82) is 0 Å². The van der Waals surface area contributed by atoms with Gasteiger partial charge in [-0.25, -0.2) is 8.42 Å². The monoisotopic (exact) mass is 323 g/mol. The minimum atomic E-state index is -3.96. The molecular weight excluding hydrogens is 314 g/mol. The van der Waals surface area contributed by atoms with E-state index < -0.39 is 15.9 Å². The second-order valence-electron chi connectivity index (χ2n) is 4.38. The molecule has 0 bridgehead atoms. The number of amides is 1. The Bertz CT molecular complexity index is 823. The van der Waals surface area contributed by atoms with Gasteiger partial charge in [-0.15, -0.1) is 0 Å². The predicted molar refractivity (Wildman–Crippen MR) is 78.9 cm³/mol. The van der Waals surface area contributed by atoms with Gasteiger partial charge in [0.25, 0.3) is 10.0 Å². The molecule has 1 aromatic carbocycles. The molecule has 1 aliphatic heterocycles. The molecule has 0 radical (unpaired) electrons. The molecule has 0 unspecified atom stereocenters. The summed E-state index contributed by atoms with van der Waals surface area (Å²) in [7, 11) is -3.96. The number of rotatable bonds is 2. The van der Waals surface area contributed by atoms with Crippen LogP contribution in [0, 0.1) is 0 Å². The van der Waals surface area contributed by atoms with Crippen LogP contribution in [-0.2, 0) is 14.8 Å². The quantitative estimate of drug-likeness (QED) is 0.915. The Morgan fingerprint density at radius 3 is 2.76 bits per heavy atom. The summed E-state index contributed by atoms with van der Waals surface area (Å²) in [5.41, 5.74) is 0.842. The molecule has 0 spiro atoms. The smallest absolute Gasteiger partial charge is 0.267 e. The highest BCUT2D eigenvalue weighted by Crippen LogP contribution is 2.34.